The van der Waals surface area contributed by atoms with Gasteiger partial charge in [-0.15, -0.1) is 0 Å². The fourth-order valence-corrected chi connectivity index (χ4v) is 2.87. The minimum Gasteiger partial charge on any atom is -0.481 e. The molecule has 1 N–H and O–H groups in total. The highest BCUT2D eigenvalue weighted by molar-refractivity contribution is 6.30. The van der Waals surface area contributed by atoms with Gasteiger partial charge in [0.15, 0.2) is 11.9 Å². The molecule has 0 radical (unpaired) electrons. The molecule has 0 saturated heterocycles. The molecule has 3 aromatic carbocycles. The van der Waals surface area contributed by atoms with E-state index in [0.717, 1.165) is 0 Å². The molecule has 0 bridgehead atoms. The van der Waals surface area contributed by atoms with Crippen LogP contribution in [0.2, 0.25) is 5.02 Å². The van der Waals surface area contributed by atoms with Gasteiger partial charge in [0.05, 0.1) is 5.69 Å². The molecule has 0 aliphatic heterocycles. The third-order valence-electron chi connectivity index (χ3n) is 4.22. The van der Waals surface area contributed by atoms with E-state index in [1.807, 2.05) is 25.1 Å². The van der Waals surface area contributed by atoms with Gasteiger partial charge in [-0.05, 0) is 42.8 Å². The van der Waals surface area contributed by atoms with Crippen LogP contribution in [0.1, 0.15) is 29.3 Å². The van der Waals surface area contributed by atoms with Gasteiger partial charge in [0.25, 0.3) is 5.91 Å². The van der Waals surface area contributed by atoms with Crippen LogP contribution in [0.25, 0.3) is 0 Å². The summed E-state index contributed by atoms with van der Waals surface area (Å²) in [5.74, 6) is 0.0916. The number of carbonyl (C=O) groups is 2. The minimum absolute atomic E-state index is 0.150. The summed E-state index contributed by atoms with van der Waals surface area (Å²) in [5, 5.41) is 3.43. The first-order valence-electron chi connectivity index (χ1n) is 9.00. The number of ketones is 1. The van der Waals surface area contributed by atoms with E-state index >= 15 is 0 Å². The number of carbonyl (C=O) groups excluding carboxylic acids is 2. The van der Waals surface area contributed by atoms with Gasteiger partial charge in [0.2, 0.25) is 0 Å². The van der Waals surface area contributed by atoms with Gasteiger partial charge >= 0.3 is 0 Å². The Balaban J connectivity index is 1.78. The van der Waals surface area contributed by atoms with E-state index < -0.39 is 6.10 Å². The largest absolute Gasteiger partial charge is 0.481 e. The lowest BCUT2D eigenvalue weighted by atomic mass is 10.0. The van der Waals surface area contributed by atoms with Crippen molar-refractivity contribution in [2.75, 3.05) is 5.32 Å². The normalized spacial score (nSPS) is 11.5. The summed E-state index contributed by atoms with van der Waals surface area (Å²) in [6.45, 7) is 1.86. The third-order valence-corrected chi connectivity index (χ3v) is 4.47. The third kappa shape index (κ3) is 4.78. The standard InChI is InChI=1S/C23H20ClNO3/c1-2-21(28-18-14-12-17(24)13-15-18)23(27)25-20-11-7-6-10-19(20)22(26)16-8-4-3-5-9-16/h3-15,21H,2H2,1H3,(H,25,27). The van der Waals surface area contributed by atoms with Crippen molar-refractivity contribution >= 4 is 29.0 Å². The maximum absolute atomic E-state index is 12.8. The summed E-state index contributed by atoms with van der Waals surface area (Å²) < 4.78 is 5.78. The molecule has 0 aromatic heterocycles. The number of nitrogens with one attached hydrogen (secondary N) is 1. The molecule has 1 unspecified atom stereocenters. The van der Waals surface area contributed by atoms with Crippen molar-refractivity contribution in [3.63, 3.8) is 0 Å². The summed E-state index contributed by atoms with van der Waals surface area (Å²) in [6.07, 6.45) is -0.218. The van der Waals surface area contributed by atoms with Gasteiger partial charge in [0, 0.05) is 16.1 Å². The Morgan fingerprint density at radius 2 is 1.57 bits per heavy atom. The van der Waals surface area contributed by atoms with Gasteiger partial charge in [-0.1, -0.05) is 61.0 Å². The zero-order chi connectivity index (χ0) is 19.9. The monoisotopic (exact) mass is 393 g/mol. The lowest BCUT2D eigenvalue weighted by Gasteiger charge is -2.18. The Morgan fingerprint density at radius 3 is 2.25 bits per heavy atom. The van der Waals surface area contributed by atoms with E-state index in [2.05, 4.69) is 5.32 Å². The van der Waals surface area contributed by atoms with Crippen molar-refractivity contribution in [3.05, 3.63) is 95.0 Å². The number of benzene rings is 3. The first-order valence-corrected chi connectivity index (χ1v) is 9.38. The predicted molar refractivity (Wildman–Crippen MR) is 111 cm³/mol. The molecule has 142 valence electrons. The Morgan fingerprint density at radius 1 is 0.929 bits per heavy atom. The number of halogens is 1. The summed E-state index contributed by atoms with van der Waals surface area (Å²) in [6, 6.07) is 22.8. The van der Waals surface area contributed by atoms with Crippen LogP contribution in [0.15, 0.2) is 78.9 Å². The van der Waals surface area contributed by atoms with Gasteiger partial charge in [-0.25, -0.2) is 0 Å². The Bertz CT molecular complexity index is 955. The lowest BCUT2D eigenvalue weighted by molar-refractivity contribution is -0.122. The van der Waals surface area contributed by atoms with Gasteiger partial charge in [-0.2, -0.15) is 0 Å². The van der Waals surface area contributed by atoms with Crippen LogP contribution in [0.3, 0.4) is 0 Å². The van der Waals surface area contributed by atoms with E-state index in [-0.39, 0.29) is 11.7 Å². The second-order valence-corrected chi connectivity index (χ2v) is 6.64. The molecule has 5 heteroatoms. The van der Waals surface area contributed by atoms with Crippen molar-refractivity contribution in [2.24, 2.45) is 0 Å². The van der Waals surface area contributed by atoms with E-state index in [1.165, 1.54) is 0 Å². The molecule has 1 atom stereocenters. The topological polar surface area (TPSA) is 55.4 Å². The highest BCUT2D eigenvalue weighted by Gasteiger charge is 2.21. The van der Waals surface area contributed by atoms with Crippen molar-refractivity contribution in [1.29, 1.82) is 0 Å². The molecule has 0 heterocycles. The van der Waals surface area contributed by atoms with E-state index in [4.69, 9.17) is 16.3 Å². The highest BCUT2D eigenvalue weighted by atomic mass is 35.5. The molecule has 0 saturated carbocycles. The second-order valence-electron chi connectivity index (χ2n) is 6.20. The maximum Gasteiger partial charge on any atom is 0.265 e. The van der Waals surface area contributed by atoms with Gasteiger partial charge < -0.3 is 10.1 Å². The fourth-order valence-electron chi connectivity index (χ4n) is 2.75. The molecule has 28 heavy (non-hydrogen) atoms. The number of rotatable bonds is 7. The lowest BCUT2D eigenvalue weighted by Crippen LogP contribution is -2.32. The molecular weight excluding hydrogens is 374 g/mol. The van der Waals surface area contributed by atoms with E-state index in [0.29, 0.717) is 34.0 Å². The van der Waals surface area contributed by atoms with Crippen LogP contribution in [0, 0.1) is 0 Å². The molecule has 0 fully saturated rings. The predicted octanol–water partition coefficient (Wildman–Crippen LogP) is 5.37. The first-order chi connectivity index (χ1) is 13.6. The quantitative estimate of drug-likeness (QED) is 0.549. The zero-order valence-electron chi connectivity index (χ0n) is 15.4. The van der Waals surface area contributed by atoms with Gasteiger partial charge in [0.1, 0.15) is 5.75 Å². The first kappa shape index (κ1) is 19.6. The van der Waals surface area contributed by atoms with E-state index in [9.17, 15) is 9.59 Å². The van der Waals surface area contributed by atoms with Crippen LogP contribution in [0.5, 0.6) is 5.75 Å². The Hall–Kier alpha value is -3.11. The van der Waals surface area contributed by atoms with Crippen LogP contribution in [-0.2, 0) is 4.79 Å². The number of para-hydroxylation sites is 1. The summed E-state index contributed by atoms with van der Waals surface area (Å²) in [7, 11) is 0. The Kier molecular flexibility index (Phi) is 6.45. The number of ether oxygens (including phenoxy) is 1. The second kappa shape index (κ2) is 9.20. The molecule has 3 rings (SSSR count). The van der Waals surface area contributed by atoms with Crippen LogP contribution in [-0.4, -0.2) is 17.8 Å². The van der Waals surface area contributed by atoms with Crippen molar-refractivity contribution in [3.8, 4) is 5.75 Å². The summed E-state index contributed by atoms with van der Waals surface area (Å²) in [4.78, 5) is 25.6. The van der Waals surface area contributed by atoms with Crippen LogP contribution < -0.4 is 10.1 Å². The molecule has 0 aliphatic rings. The fraction of sp³-hybridized carbons (Fsp3) is 0.130. The molecule has 3 aromatic rings. The highest BCUT2D eigenvalue weighted by Crippen LogP contribution is 2.21. The average Bonchev–Trinajstić information content (AvgIpc) is 2.73. The van der Waals surface area contributed by atoms with Gasteiger partial charge in [-0.3, -0.25) is 9.59 Å². The van der Waals surface area contributed by atoms with Crippen molar-refractivity contribution < 1.29 is 14.3 Å². The number of amides is 1. The minimum atomic E-state index is -0.693. The summed E-state index contributed by atoms with van der Waals surface area (Å²) in [5.41, 5.74) is 1.46. The van der Waals surface area contributed by atoms with E-state index in [1.54, 1.807) is 60.7 Å². The zero-order valence-corrected chi connectivity index (χ0v) is 16.1. The number of hydrogen-bond acceptors (Lipinski definition) is 3. The summed E-state index contributed by atoms with van der Waals surface area (Å²) >= 11 is 5.88. The number of anilines is 1. The average molecular weight is 394 g/mol. The smallest absolute Gasteiger partial charge is 0.265 e. The SMILES string of the molecule is CCC(Oc1ccc(Cl)cc1)C(=O)Nc1ccccc1C(=O)c1ccccc1. The molecule has 4 nitrogen and oxygen atoms in total. The Labute approximate surface area is 169 Å². The van der Waals surface area contributed by atoms with Crippen LogP contribution in [0.4, 0.5) is 5.69 Å². The molecule has 1 amide bonds. The number of hydrogen-bond donors (Lipinski definition) is 1. The molecule has 0 spiro atoms. The maximum atomic E-state index is 12.8. The van der Waals surface area contributed by atoms with Crippen molar-refractivity contribution in [2.45, 2.75) is 19.4 Å². The van der Waals surface area contributed by atoms with Crippen LogP contribution >= 0.6 is 11.6 Å². The molecular formula is C23H20ClNO3. The van der Waals surface area contributed by atoms with Crippen molar-refractivity contribution in [1.82, 2.24) is 0 Å². The molecule has 0 aliphatic carbocycles.